The highest BCUT2D eigenvalue weighted by atomic mass is 32.2. The minimum absolute atomic E-state index is 0.0674. The number of benzene rings is 6. The molecule has 6 aromatic rings. The van der Waals surface area contributed by atoms with Crippen LogP contribution in [0.5, 0.6) is 34.5 Å². The maximum absolute atomic E-state index is 12.4. The zero-order valence-electron chi connectivity index (χ0n) is 46.0. The van der Waals surface area contributed by atoms with E-state index in [2.05, 4.69) is 125 Å². The molecule has 1 aliphatic rings. The van der Waals surface area contributed by atoms with Gasteiger partial charge in [0.1, 0.15) is 34.5 Å². The van der Waals surface area contributed by atoms with Crippen molar-refractivity contribution in [3.05, 3.63) is 140 Å². The van der Waals surface area contributed by atoms with Crippen LogP contribution in [0.4, 0.5) is 0 Å². The van der Waals surface area contributed by atoms with Crippen LogP contribution < -0.4 is 0 Å². The first kappa shape index (κ1) is 54.9. The van der Waals surface area contributed by atoms with Gasteiger partial charge in [0.15, 0.2) is 0 Å². The normalized spacial score (nSPS) is 14.2. The van der Waals surface area contributed by atoms with Crippen LogP contribution in [-0.4, -0.2) is 30.6 Å². The van der Waals surface area contributed by atoms with Crippen molar-refractivity contribution < 1.29 is 30.6 Å². The number of hydrogen-bond donors (Lipinski definition) is 6. The Bertz CT molecular complexity index is 2410. The SMILES string of the molecule is CC(C)(C)c1cc2c(O)c(c1)Sc1cc(C(C)(C)C)cc(c1O)Cc1cc(C(C)(C)C)cc(c1O)Sc1cc(C(C)(C)C)cc(c1O)Cc1cc(C(C)(C)C)cc(c1O)Sc1cc(C(C)(C)C)cc(c1O)C2. The highest BCUT2D eigenvalue weighted by Gasteiger charge is 2.30. The van der Waals surface area contributed by atoms with Gasteiger partial charge in [-0.2, -0.15) is 0 Å². The molecule has 0 atom stereocenters. The molecule has 0 saturated heterocycles. The predicted molar refractivity (Wildman–Crippen MR) is 302 cm³/mol. The first-order valence-corrected chi connectivity index (χ1v) is 27.6. The van der Waals surface area contributed by atoms with E-state index in [0.29, 0.717) is 62.8 Å². The summed E-state index contributed by atoms with van der Waals surface area (Å²) >= 11 is 3.93. The second-order valence-corrected chi connectivity index (χ2v) is 29.5. The molecule has 0 radical (unpaired) electrons. The number of aromatic hydroxyl groups is 6. The molecule has 0 aliphatic carbocycles. The summed E-state index contributed by atoms with van der Waals surface area (Å²) in [5.41, 5.74) is 7.82. The van der Waals surface area contributed by atoms with Crippen molar-refractivity contribution in [1.29, 1.82) is 0 Å². The lowest BCUT2D eigenvalue weighted by Crippen LogP contribution is -2.14. The Morgan fingerprint density at radius 1 is 0.236 bits per heavy atom. The highest BCUT2D eigenvalue weighted by Crippen LogP contribution is 2.52. The van der Waals surface area contributed by atoms with E-state index >= 15 is 0 Å². The Morgan fingerprint density at radius 2 is 0.361 bits per heavy atom. The molecule has 1 heterocycles. The molecule has 6 N–H and O–H groups in total. The monoisotopic (exact) mass is 1030 g/mol. The summed E-state index contributed by atoms with van der Waals surface area (Å²) in [6, 6.07) is 24.2. The maximum atomic E-state index is 12.4. The fourth-order valence-electron chi connectivity index (χ4n) is 8.84. The molecule has 12 bridgehead atoms. The first-order chi connectivity index (χ1) is 32.9. The maximum Gasteiger partial charge on any atom is 0.133 e. The second-order valence-electron chi connectivity index (χ2n) is 26.2. The van der Waals surface area contributed by atoms with Crippen LogP contribution in [0.3, 0.4) is 0 Å². The van der Waals surface area contributed by atoms with Gasteiger partial charge >= 0.3 is 0 Å². The Labute approximate surface area is 443 Å². The van der Waals surface area contributed by atoms with Crippen LogP contribution >= 0.6 is 35.3 Å². The highest BCUT2D eigenvalue weighted by molar-refractivity contribution is 8.00. The van der Waals surface area contributed by atoms with E-state index < -0.39 is 0 Å². The van der Waals surface area contributed by atoms with Crippen molar-refractivity contribution >= 4 is 35.3 Å². The van der Waals surface area contributed by atoms with E-state index in [1.807, 2.05) is 72.8 Å². The van der Waals surface area contributed by atoms with Crippen molar-refractivity contribution in [2.45, 2.75) is 206 Å². The Morgan fingerprint density at radius 3 is 0.472 bits per heavy atom. The van der Waals surface area contributed by atoms with Gasteiger partial charge in [-0.15, -0.1) is 0 Å². The molecule has 7 rings (SSSR count). The molecule has 0 saturated carbocycles. The Hall–Kier alpha value is -4.83. The van der Waals surface area contributed by atoms with Crippen LogP contribution in [0.15, 0.2) is 102 Å². The summed E-state index contributed by atoms with van der Waals surface area (Å²) in [7, 11) is 0. The molecule has 1 aliphatic heterocycles. The molecule has 0 unspecified atom stereocenters. The summed E-state index contributed by atoms with van der Waals surface area (Å²) in [5, 5.41) is 74.6. The summed E-state index contributed by atoms with van der Waals surface area (Å²) < 4.78 is 0. The molecule has 0 aromatic heterocycles. The Kier molecular flexibility index (Phi) is 14.6. The lowest BCUT2D eigenvalue weighted by atomic mass is 9.83. The van der Waals surface area contributed by atoms with Crippen LogP contribution in [0.1, 0.15) is 191 Å². The minimum atomic E-state index is -0.318. The average molecular weight is 1030 g/mol. The van der Waals surface area contributed by atoms with Gasteiger partial charge in [0.05, 0.1) is 29.4 Å². The topological polar surface area (TPSA) is 121 Å². The minimum Gasteiger partial charge on any atom is -0.506 e. The van der Waals surface area contributed by atoms with Gasteiger partial charge in [0, 0.05) is 19.3 Å². The molecule has 0 spiro atoms. The lowest BCUT2D eigenvalue weighted by Gasteiger charge is -2.26. The largest absolute Gasteiger partial charge is 0.506 e. The molecule has 6 nitrogen and oxygen atoms in total. The third-order valence-corrected chi connectivity index (χ3v) is 17.1. The number of phenols is 6. The quantitative estimate of drug-likeness (QED) is 0.0882. The molecule has 0 amide bonds. The third-order valence-electron chi connectivity index (χ3n) is 13.9. The molecule has 9 heteroatoms. The Balaban J connectivity index is 1.58. The van der Waals surface area contributed by atoms with Crippen molar-refractivity contribution in [2.75, 3.05) is 0 Å². The summed E-state index contributed by atoms with van der Waals surface area (Å²) in [6.07, 6.45) is 0.627. The number of phenolic OH excluding ortho intramolecular Hbond substituents is 6. The van der Waals surface area contributed by atoms with E-state index in [0.717, 1.165) is 33.4 Å². The second kappa shape index (κ2) is 19.1. The smallest absolute Gasteiger partial charge is 0.133 e. The summed E-state index contributed by atoms with van der Waals surface area (Å²) in [5.74, 6) is 0.404. The van der Waals surface area contributed by atoms with Crippen molar-refractivity contribution in [1.82, 2.24) is 0 Å². The van der Waals surface area contributed by atoms with Gasteiger partial charge in [0.2, 0.25) is 0 Å². The van der Waals surface area contributed by atoms with Crippen molar-refractivity contribution in [2.24, 2.45) is 0 Å². The number of fused-ring (bicyclic) bond motifs is 12. The van der Waals surface area contributed by atoms with E-state index in [1.165, 1.54) is 35.3 Å². The van der Waals surface area contributed by atoms with Crippen LogP contribution in [0, 0.1) is 0 Å². The number of rotatable bonds is 0. The van der Waals surface area contributed by atoms with Gasteiger partial charge in [0.25, 0.3) is 0 Å². The van der Waals surface area contributed by atoms with E-state index in [-0.39, 0.29) is 86.2 Å². The fraction of sp³-hybridized carbons (Fsp3) is 0.429. The summed E-state index contributed by atoms with van der Waals surface area (Å²) in [6.45, 7) is 38.5. The zero-order chi connectivity index (χ0) is 53.6. The molecule has 6 aromatic carbocycles. The third kappa shape index (κ3) is 11.7. The van der Waals surface area contributed by atoms with Gasteiger partial charge in [-0.05, 0) is 136 Å². The average Bonchev–Trinajstić information content (AvgIpc) is 3.23. The molecular formula is C63H78O6S3. The van der Waals surface area contributed by atoms with E-state index in [1.54, 1.807) is 0 Å². The van der Waals surface area contributed by atoms with Crippen molar-refractivity contribution in [3.8, 4) is 34.5 Å². The van der Waals surface area contributed by atoms with Gasteiger partial charge in [-0.1, -0.05) is 196 Å². The molecular weight excluding hydrogens is 949 g/mol. The van der Waals surface area contributed by atoms with E-state index in [4.69, 9.17) is 0 Å². The molecule has 72 heavy (non-hydrogen) atoms. The fourth-order valence-corrected chi connectivity index (χ4v) is 12.0. The van der Waals surface area contributed by atoms with Gasteiger partial charge in [-0.3, -0.25) is 0 Å². The summed E-state index contributed by atoms with van der Waals surface area (Å²) in [4.78, 5) is 3.44. The first-order valence-electron chi connectivity index (χ1n) is 25.1. The van der Waals surface area contributed by atoms with E-state index in [9.17, 15) is 30.6 Å². The van der Waals surface area contributed by atoms with Crippen LogP contribution in [0.25, 0.3) is 0 Å². The van der Waals surface area contributed by atoms with Gasteiger partial charge < -0.3 is 30.6 Å². The van der Waals surface area contributed by atoms with Gasteiger partial charge in [-0.25, -0.2) is 0 Å². The number of hydrogen-bond acceptors (Lipinski definition) is 9. The standard InChI is InChI=1S/C63H78O6S3/c1-58(2,3)40-22-34-19-35-23-41(59(4,5)6)30-48(53(35)65)71-49-31-44(62(13,14)15)26-38(56(49)68)21-39-27-45(63(16,17)18)33-51(57(39)69)72-50-32-43(61(10,11)12)25-37(55(50)67)20-36-24-42(60(7,8)9)29-47(54(36)66)70-46(28-40)52(34)64/h22-33,64-69H,19-21H2,1-18H3. The van der Waals surface area contributed by atoms with Crippen LogP contribution in [0.2, 0.25) is 0 Å². The zero-order valence-corrected chi connectivity index (χ0v) is 48.4. The lowest BCUT2D eigenvalue weighted by molar-refractivity contribution is 0.446. The molecule has 0 fully saturated rings. The predicted octanol–water partition coefficient (Wildman–Crippen LogP) is 17.2. The van der Waals surface area contributed by atoms with Crippen LogP contribution in [-0.2, 0) is 51.8 Å². The molecule has 384 valence electrons. The van der Waals surface area contributed by atoms with Crippen molar-refractivity contribution in [3.63, 3.8) is 0 Å².